The Kier molecular flexibility index (Phi) is 5.22. The number of rotatable bonds is 6. The molecule has 2 amide bonds. The summed E-state index contributed by atoms with van der Waals surface area (Å²) in [6, 6.07) is 12.5. The van der Waals surface area contributed by atoms with Crippen molar-refractivity contribution in [3.63, 3.8) is 0 Å². The summed E-state index contributed by atoms with van der Waals surface area (Å²) in [6.07, 6.45) is 2.22. The van der Waals surface area contributed by atoms with Crippen LogP contribution in [0.5, 0.6) is 5.75 Å². The summed E-state index contributed by atoms with van der Waals surface area (Å²) < 4.78 is 18.8. The number of aryl methyl sites for hydroxylation is 1. The predicted octanol–water partition coefficient (Wildman–Crippen LogP) is 4.09. The molecular weight excluding hydrogens is 319 g/mol. The van der Waals surface area contributed by atoms with Crippen molar-refractivity contribution in [2.45, 2.75) is 32.4 Å². The summed E-state index contributed by atoms with van der Waals surface area (Å²) in [5.74, 6) is 1.01. The lowest BCUT2D eigenvalue weighted by atomic mass is 10.0. The van der Waals surface area contributed by atoms with Gasteiger partial charge in [0.25, 0.3) is 0 Å². The van der Waals surface area contributed by atoms with Crippen molar-refractivity contribution in [2.24, 2.45) is 5.92 Å². The van der Waals surface area contributed by atoms with Crippen LogP contribution in [-0.4, -0.2) is 13.1 Å². The lowest BCUT2D eigenvalue weighted by Gasteiger charge is -2.19. The lowest BCUT2D eigenvalue weighted by Crippen LogP contribution is -2.38. The number of benzene rings is 2. The first-order valence-electron chi connectivity index (χ1n) is 8.50. The molecule has 1 atom stereocenters. The van der Waals surface area contributed by atoms with Crippen molar-refractivity contribution >= 4 is 6.03 Å². The van der Waals surface area contributed by atoms with Gasteiger partial charge < -0.3 is 15.4 Å². The third kappa shape index (κ3) is 4.50. The number of nitrogens with one attached hydrogen (secondary N) is 2. The fourth-order valence-corrected chi connectivity index (χ4v) is 2.84. The van der Waals surface area contributed by atoms with E-state index in [9.17, 15) is 9.18 Å². The molecule has 0 aliphatic heterocycles. The third-order valence-electron chi connectivity index (χ3n) is 4.54. The van der Waals surface area contributed by atoms with Crippen LogP contribution in [0, 0.1) is 18.7 Å². The van der Waals surface area contributed by atoms with Crippen molar-refractivity contribution in [1.82, 2.24) is 10.6 Å². The fourth-order valence-electron chi connectivity index (χ4n) is 2.84. The van der Waals surface area contributed by atoms with E-state index in [1.165, 1.54) is 6.07 Å². The highest BCUT2D eigenvalue weighted by molar-refractivity contribution is 5.74. The minimum atomic E-state index is -0.256. The Balaban J connectivity index is 1.59. The van der Waals surface area contributed by atoms with Crippen LogP contribution in [0.4, 0.5) is 9.18 Å². The number of urea groups is 1. The highest BCUT2D eigenvalue weighted by Crippen LogP contribution is 2.41. The minimum absolute atomic E-state index is 0.0133. The molecule has 132 valence electrons. The monoisotopic (exact) mass is 342 g/mol. The zero-order valence-electron chi connectivity index (χ0n) is 14.5. The van der Waals surface area contributed by atoms with E-state index in [0.29, 0.717) is 18.0 Å². The third-order valence-corrected chi connectivity index (χ3v) is 4.54. The van der Waals surface area contributed by atoms with E-state index in [-0.39, 0.29) is 17.9 Å². The quantitative estimate of drug-likeness (QED) is 0.831. The summed E-state index contributed by atoms with van der Waals surface area (Å²) in [5, 5.41) is 5.85. The first-order valence-corrected chi connectivity index (χ1v) is 8.50. The van der Waals surface area contributed by atoms with Crippen LogP contribution < -0.4 is 15.4 Å². The molecule has 1 unspecified atom stereocenters. The molecule has 0 heterocycles. The number of ether oxygens (including phenoxy) is 1. The van der Waals surface area contributed by atoms with Gasteiger partial charge in [-0.05, 0) is 60.6 Å². The van der Waals surface area contributed by atoms with Crippen LogP contribution >= 0.6 is 0 Å². The molecular formula is C20H23FN2O2. The number of carbonyl (C=O) groups excluding carboxylic acids is 1. The molecule has 2 aromatic carbocycles. The molecule has 25 heavy (non-hydrogen) atoms. The van der Waals surface area contributed by atoms with Crippen molar-refractivity contribution in [3.8, 4) is 5.75 Å². The van der Waals surface area contributed by atoms with E-state index in [0.717, 1.165) is 29.7 Å². The zero-order chi connectivity index (χ0) is 17.8. The lowest BCUT2D eigenvalue weighted by molar-refractivity contribution is 0.235. The standard InChI is InChI=1S/C20H23FN2O2/c1-13-3-4-14(11-18(13)21)12-22-20(24)23-19(15-5-6-15)16-7-9-17(25-2)10-8-16/h3-4,7-11,15,19H,5-6,12H2,1-2H3,(H2,22,23,24). The first kappa shape index (κ1) is 17.3. The molecule has 0 radical (unpaired) electrons. The van der Waals surface area contributed by atoms with Crippen LogP contribution in [-0.2, 0) is 6.54 Å². The Morgan fingerprint density at radius 1 is 1.24 bits per heavy atom. The maximum atomic E-state index is 13.6. The van der Waals surface area contributed by atoms with Gasteiger partial charge in [-0.3, -0.25) is 0 Å². The fraction of sp³-hybridized carbons (Fsp3) is 0.350. The summed E-state index contributed by atoms with van der Waals surface area (Å²) in [7, 11) is 1.63. The van der Waals surface area contributed by atoms with E-state index >= 15 is 0 Å². The summed E-state index contributed by atoms with van der Waals surface area (Å²) in [5.41, 5.74) is 2.41. The topological polar surface area (TPSA) is 50.4 Å². The Labute approximate surface area is 147 Å². The van der Waals surface area contributed by atoms with Gasteiger partial charge in [0, 0.05) is 6.54 Å². The highest BCUT2D eigenvalue weighted by atomic mass is 19.1. The van der Waals surface area contributed by atoms with Gasteiger partial charge in [0.15, 0.2) is 0 Å². The van der Waals surface area contributed by atoms with Crippen LogP contribution in [0.1, 0.15) is 35.6 Å². The molecule has 0 bridgehead atoms. The second-order valence-electron chi connectivity index (χ2n) is 6.50. The zero-order valence-corrected chi connectivity index (χ0v) is 14.5. The molecule has 4 nitrogen and oxygen atoms in total. The van der Waals surface area contributed by atoms with Crippen molar-refractivity contribution in [3.05, 3.63) is 65.0 Å². The van der Waals surface area contributed by atoms with E-state index in [4.69, 9.17) is 4.74 Å². The molecule has 5 heteroatoms. The molecule has 2 N–H and O–H groups in total. The maximum absolute atomic E-state index is 13.6. The van der Waals surface area contributed by atoms with Crippen molar-refractivity contribution < 1.29 is 13.9 Å². The highest BCUT2D eigenvalue weighted by Gasteiger charge is 2.33. The van der Waals surface area contributed by atoms with Crippen LogP contribution in [0.15, 0.2) is 42.5 Å². The Hall–Kier alpha value is -2.56. The van der Waals surface area contributed by atoms with Gasteiger partial charge in [-0.25, -0.2) is 9.18 Å². The van der Waals surface area contributed by atoms with Crippen LogP contribution in [0.2, 0.25) is 0 Å². The molecule has 1 aliphatic carbocycles. The molecule has 1 saturated carbocycles. The Bertz CT molecular complexity index is 742. The smallest absolute Gasteiger partial charge is 0.315 e. The predicted molar refractivity (Wildman–Crippen MR) is 95.0 cm³/mol. The molecule has 1 fully saturated rings. The van der Waals surface area contributed by atoms with Gasteiger partial charge in [0.05, 0.1) is 13.2 Å². The second-order valence-corrected chi connectivity index (χ2v) is 6.50. The van der Waals surface area contributed by atoms with Gasteiger partial charge in [-0.2, -0.15) is 0 Å². The van der Waals surface area contributed by atoms with Gasteiger partial charge in [0.1, 0.15) is 11.6 Å². The summed E-state index contributed by atoms with van der Waals surface area (Å²) in [6.45, 7) is 2.01. The summed E-state index contributed by atoms with van der Waals surface area (Å²) >= 11 is 0. The number of methoxy groups -OCH3 is 1. The molecule has 0 saturated heterocycles. The largest absolute Gasteiger partial charge is 0.497 e. The van der Waals surface area contributed by atoms with Gasteiger partial charge >= 0.3 is 6.03 Å². The Morgan fingerprint density at radius 2 is 1.96 bits per heavy atom. The van der Waals surface area contributed by atoms with E-state index in [2.05, 4.69) is 10.6 Å². The normalized spacial score (nSPS) is 14.7. The van der Waals surface area contributed by atoms with Crippen LogP contribution in [0.25, 0.3) is 0 Å². The minimum Gasteiger partial charge on any atom is -0.497 e. The average Bonchev–Trinajstić information content (AvgIpc) is 3.46. The van der Waals surface area contributed by atoms with E-state index < -0.39 is 0 Å². The van der Waals surface area contributed by atoms with Crippen molar-refractivity contribution in [2.75, 3.05) is 7.11 Å². The van der Waals surface area contributed by atoms with Crippen molar-refractivity contribution in [1.29, 1.82) is 0 Å². The van der Waals surface area contributed by atoms with Gasteiger partial charge in [0.2, 0.25) is 0 Å². The van der Waals surface area contributed by atoms with E-state index in [1.807, 2.05) is 30.3 Å². The molecule has 1 aliphatic rings. The number of halogens is 1. The Morgan fingerprint density at radius 3 is 2.56 bits per heavy atom. The number of amides is 2. The molecule has 0 spiro atoms. The number of carbonyl (C=O) groups is 1. The first-order chi connectivity index (χ1) is 12.1. The maximum Gasteiger partial charge on any atom is 0.315 e. The molecule has 2 aromatic rings. The van der Waals surface area contributed by atoms with Crippen LogP contribution in [0.3, 0.4) is 0 Å². The number of hydrogen-bond donors (Lipinski definition) is 2. The molecule has 0 aromatic heterocycles. The number of hydrogen-bond acceptors (Lipinski definition) is 2. The second kappa shape index (κ2) is 7.55. The van der Waals surface area contributed by atoms with E-state index in [1.54, 1.807) is 20.1 Å². The summed E-state index contributed by atoms with van der Waals surface area (Å²) in [4.78, 5) is 12.3. The SMILES string of the molecule is COc1ccc(C(NC(=O)NCc2ccc(C)c(F)c2)C2CC2)cc1. The average molecular weight is 342 g/mol. The molecule has 3 rings (SSSR count). The van der Waals surface area contributed by atoms with Gasteiger partial charge in [-0.15, -0.1) is 0 Å². The van der Waals surface area contributed by atoms with Gasteiger partial charge in [-0.1, -0.05) is 24.3 Å².